The van der Waals surface area contributed by atoms with Crippen molar-refractivity contribution in [3.8, 4) is 39.0 Å². The number of thiazole rings is 1. The first-order valence-electron chi connectivity index (χ1n) is 12.8. The number of Topliss-reactive ketones (excluding diaryl/α,β-unsaturated/α-hetero) is 1. The van der Waals surface area contributed by atoms with Gasteiger partial charge in [0, 0.05) is 22.7 Å². The van der Waals surface area contributed by atoms with Crippen molar-refractivity contribution >= 4 is 28.4 Å². The van der Waals surface area contributed by atoms with E-state index in [-0.39, 0.29) is 18.0 Å². The highest BCUT2D eigenvalue weighted by Crippen LogP contribution is 2.32. The van der Waals surface area contributed by atoms with E-state index in [1.54, 1.807) is 35.3 Å². The maximum absolute atomic E-state index is 13.6. The fourth-order valence-electron chi connectivity index (χ4n) is 4.72. The number of ketones is 1. The molecule has 0 atom stereocenters. The Morgan fingerprint density at radius 2 is 1.71 bits per heavy atom. The molecule has 0 radical (unpaired) electrons. The molecule has 41 heavy (non-hydrogen) atoms. The summed E-state index contributed by atoms with van der Waals surface area (Å²) in [7, 11) is 1.62. The molecule has 5 aromatic heterocycles. The third-order valence-electron chi connectivity index (χ3n) is 6.73. The Hall–Kier alpha value is -5.22. The first kappa shape index (κ1) is 24.8. The normalized spacial score (nSPS) is 11.4. The average Bonchev–Trinajstić information content (AvgIpc) is 3.74. The van der Waals surface area contributed by atoms with Crippen molar-refractivity contribution in [2.24, 2.45) is 0 Å². The van der Waals surface area contributed by atoms with Crippen LogP contribution in [0.25, 0.3) is 44.5 Å². The number of benzene rings is 2. The van der Waals surface area contributed by atoms with Crippen molar-refractivity contribution in [3.63, 3.8) is 0 Å². The Labute approximate surface area is 237 Å². The Morgan fingerprint density at radius 1 is 0.902 bits per heavy atom. The van der Waals surface area contributed by atoms with Crippen molar-refractivity contribution in [2.75, 3.05) is 7.11 Å². The first-order valence-corrected chi connectivity index (χ1v) is 13.7. The zero-order chi connectivity index (χ0) is 27.9. The van der Waals surface area contributed by atoms with Crippen LogP contribution in [0.3, 0.4) is 0 Å². The van der Waals surface area contributed by atoms with Crippen LogP contribution in [0.2, 0.25) is 0 Å². The van der Waals surface area contributed by atoms with Crippen LogP contribution in [0.5, 0.6) is 5.75 Å². The second-order valence-electron chi connectivity index (χ2n) is 9.36. The second kappa shape index (κ2) is 10.1. The largest absolute Gasteiger partial charge is 0.497 e. The zero-order valence-corrected chi connectivity index (χ0v) is 22.5. The Morgan fingerprint density at radius 3 is 2.51 bits per heavy atom. The van der Waals surface area contributed by atoms with E-state index in [1.165, 1.54) is 23.5 Å². The monoisotopic (exact) mass is 560 g/mol. The van der Waals surface area contributed by atoms with Crippen molar-refractivity contribution in [2.45, 2.75) is 6.42 Å². The summed E-state index contributed by atoms with van der Waals surface area (Å²) >= 11 is 1.42. The van der Waals surface area contributed by atoms with Gasteiger partial charge in [-0.1, -0.05) is 6.07 Å². The molecule has 0 bridgehead atoms. The lowest BCUT2D eigenvalue weighted by Gasteiger charge is -2.05. The highest BCUT2D eigenvalue weighted by molar-refractivity contribution is 7.13. The number of aromatic nitrogens is 6. The summed E-state index contributed by atoms with van der Waals surface area (Å²) in [5, 5.41) is 7.35. The summed E-state index contributed by atoms with van der Waals surface area (Å²) in [4.78, 5) is 27.0. The van der Waals surface area contributed by atoms with Crippen LogP contribution in [0, 0.1) is 5.82 Å². The van der Waals surface area contributed by atoms with Crippen LogP contribution in [0.15, 0.2) is 96.6 Å². The highest BCUT2D eigenvalue weighted by atomic mass is 32.1. The zero-order valence-electron chi connectivity index (χ0n) is 21.7. The van der Waals surface area contributed by atoms with Gasteiger partial charge in [0.25, 0.3) is 0 Å². The first-order chi connectivity index (χ1) is 20.1. The number of fused-ring (bicyclic) bond motifs is 2. The summed E-state index contributed by atoms with van der Waals surface area (Å²) in [5.74, 6) is 0.331. The highest BCUT2D eigenvalue weighted by Gasteiger charge is 2.19. The number of carbonyl (C=O) groups is 1. The van der Waals surface area contributed by atoms with E-state index in [0.717, 1.165) is 33.2 Å². The van der Waals surface area contributed by atoms with E-state index >= 15 is 0 Å². The van der Waals surface area contributed by atoms with E-state index < -0.39 is 0 Å². The van der Waals surface area contributed by atoms with Gasteiger partial charge in [-0.25, -0.2) is 23.9 Å². The van der Waals surface area contributed by atoms with Crippen molar-refractivity contribution < 1.29 is 13.9 Å². The third kappa shape index (κ3) is 4.64. The lowest BCUT2D eigenvalue weighted by Crippen LogP contribution is -2.04. The lowest BCUT2D eigenvalue weighted by molar-refractivity contribution is 0.0988. The number of methoxy groups -OCH3 is 1. The maximum Gasteiger partial charge on any atom is 0.188 e. The lowest BCUT2D eigenvalue weighted by atomic mass is 10.1. The van der Waals surface area contributed by atoms with Gasteiger partial charge in [-0.3, -0.25) is 9.20 Å². The van der Waals surface area contributed by atoms with Crippen LogP contribution in [0.4, 0.5) is 4.39 Å². The Kier molecular flexibility index (Phi) is 6.09. The topological polar surface area (TPSA) is 86.7 Å². The Bertz CT molecular complexity index is 2040. The fraction of sp³-hybridized carbons (Fsp3) is 0.0645. The number of ether oxygens (including phenoxy) is 1. The molecular weight excluding hydrogens is 539 g/mol. The molecule has 0 aliphatic heterocycles. The molecule has 0 unspecified atom stereocenters. The molecule has 8 nitrogen and oxygen atoms in total. The van der Waals surface area contributed by atoms with Crippen LogP contribution in [-0.2, 0) is 6.42 Å². The molecule has 2 aromatic carbocycles. The summed E-state index contributed by atoms with van der Waals surface area (Å²) < 4.78 is 22.5. The SMILES string of the molecule is COc1ccc(-c2nc(C(=O)Cc3cn4nc(-c5c(-c6ccc(F)cc6)nc6ccccn56)ccc4n3)cs2)cc1. The van der Waals surface area contributed by atoms with Crippen molar-refractivity contribution in [3.05, 3.63) is 114 Å². The molecule has 0 spiro atoms. The van der Waals surface area contributed by atoms with Crippen LogP contribution in [0.1, 0.15) is 16.2 Å². The van der Waals surface area contributed by atoms with E-state index in [1.807, 2.05) is 65.2 Å². The second-order valence-corrected chi connectivity index (χ2v) is 10.2. The number of pyridine rings is 1. The van der Waals surface area contributed by atoms with Crippen LogP contribution >= 0.6 is 11.3 Å². The number of imidazole rings is 2. The van der Waals surface area contributed by atoms with Crippen LogP contribution in [-0.4, -0.2) is 41.9 Å². The number of rotatable bonds is 7. The van der Waals surface area contributed by atoms with Gasteiger partial charge in [-0.05, 0) is 72.8 Å². The van der Waals surface area contributed by atoms with Crippen molar-refractivity contribution in [1.29, 1.82) is 0 Å². The quantitative estimate of drug-likeness (QED) is 0.210. The smallest absolute Gasteiger partial charge is 0.188 e. The van der Waals surface area contributed by atoms with Gasteiger partial charge < -0.3 is 4.74 Å². The van der Waals surface area contributed by atoms with Gasteiger partial charge >= 0.3 is 0 Å². The molecule has 5 heterocycles. The standard InChI is InChI=1S/C31H21FN6O2S/c1-40-23-11-7-20(8-12-23)31-34-25(18-41-31)26(39)16-22-17-38-28(33-22)14-13-24(36-38)30-29(19-5-9-21(32)10-6-19)35-27-4-2-3-15-37(27)30/h2-15,17-18H,16H2,1H3. The molecule has 0 saturated carbocycles. The summed E-state index contributed by atoms with van der Waals surface area (Å²) in [6.45, 7) is 0. The molecule has 10 heteroatoms. The molecule has 0 saturated heterocycles. The minimum absolute atomic E-state index is 0.0981. The van der Waals surface area contributed by atoms with Crippen molar-refractivity contribution in [1.82, 2.24) is 29.0 Å². The fourth-order valence-corrected chi connectivity index (χ4v) is 5.55. The molecule has 0 fully saturated rings. The molecule has 7 aromatic rings. The van der Waals surface area contributed by atoms with Gasteiger partial charge in [-0.15, -0.1) is 11.3 Å². The van der Waals surface area contributed by atoms with E-state index in [0.29, 0.717) is 28.4 Å². The summed E-state index contributed by atoms with van der Waals surface area (Å²) in [6.07, 6.45) is 3.78. The average molecular weight is 561 g/mol. The maximum atomic E-state index is 13.6. The molecular formula is C31H21FN6O2S. The molecule has 0 aliphatic carbocycles. The molecule has 0 N–H and O–H groups in total. The van der Waals surface area contributed by atoms with E-state index in [2.05, 4.69) is 9.97 Å². The van der Waals surface area contributed by atoms with Gasteiger partial charge in [0.15, 0.2) is 11.4 Å². The van der Waals surface area contributed by atoms with E-state index in [9.17, 15) is 9.18 Å². The third-order valence-corrected chi connectivity index (χ3v) is 7.62. The van der Waals surface area contributed by atoms with E-state index in [4.69, 9.17) is 14.8 Å². The summed E-state index contributed by atoms with van der Waals surface area (Å²) in [6, 6.07) is 23.3. The molecule has 0 amide bonds. The number of carbonyl (C=O) groups excluding carboxylic acids is 1. The van der Waals surface area contributed by atoms with Gasteiger partial charge in [0.1, 0.15) is 39.3 Å². The molecule has 0 aliphatic rings. The number of nitrogens with zero attached hydrogens (tertiary/aromatic N) is 6. The summed E-state index contributed by atoms with van der Waals surface area (Å²) in [5.41, 5.74) is 6.19. The minimum atomic E-state index is -0.311. The Balaban J connectivity index is 1.19. The number of hydrogen-bond donors (Lipinski definition) is 0. The van der Waals surface area contributed by atoms with Gasteiger partial charge in [0.05, 0.1) is 31.1 Å². The van der Waals surface area contributed by atoms with Crippen LogP contribution < -0.4 is 4.74 Å². The molecule has 200 valence electrons. The predicted molar refractivity (Wildman–Crippen MR) is 155 cm³/mol. The molecule has 7 rings (SSSR count). The number of hydrogen-bond acceptors (Lipinski definition) is 7. The van der Waals surface area contributed by atoms with Gasteiger partial charge in [0.2, 0.25) is 0 Å². The van der Waals surface area contributed by atoms with Gasteiger partial charge in [-0.2, -0.15) is 5.10 Å². The number of halogens is 1. The minimum Gasteiger partial charge on any atom is -0.497 e. The predicted octanol–water partition coefficient (Wildman–Crippen LogP) is 6.41.